The van der Waals surface area contributed by atoms with Crippen molar-refractivity contribution in [2.75, 3.05) is 20.3 Å². The molecule has 1 aliphatic heterocycles. The minimum absolute atomic E-state index is 0. The molecule has 9 heteroatoms. The first-order valence-corrected chi connectivity index (χ1v) is 8.21. The van der Waals surface area contributed by atoms with Crippen molar-refractivity contribution in [1.29, 1.82) is 0 Å². The molecule has 2 heterocycles. The van der Waals surface area contributed by atoms with Crippen molar-refractivity contribution < 1.29 is 46.6 Å². The number of hydrogen-bond donors (Lipinski definition) is 2. The van der Waals surface area contributed by atoms with Crippen molar-refractivity contribution >= 4 is 35.0 Å². The number of nitrogens with one attached hydrogen (secondary N) is 1. The van der Waals surface area contributed by atoms with E-state index in [1.54, 1.807) is 19.2 Å². The largest absolute Gasteiger partial charge is 0.626 e. The van der Waals surface area contributed by atoms with Crippen LogP contribution in [0.4, 0.5) is 0 Å². The van der Waals surface area contributed by atoms with Crippen LogP contribution < -0.4 is 5.32 Å². The summed E-state index contributed by atoms with van der Waals surface area (Å²) in [5.74, 6) is -2.02. The molecule has 0 bridgehead atoms. The minimum Gasteiger partial charge on any atom is -0.626 e. The minimum atomic E-state index is -0.767. The van der Waals surface area contributed by atoms with Crippen molar-refractivity contribution in [2.45, 2.75) is 6.92 Å². The van der Waals surface area contributed by atoms with Crippen molar-refractivity contribution in [1.82, 2.24) is 5.32 Å². The average molecular weight is 542 g/mol. The second kappa shape index (κ2) is 10.2. The second-order valence-electron chi connectivity index (χ2n) is 5.11. The Labute approximate surface area is 170 Å². The SMILES string of the molecule is COCCNC(=O)c1ccc(/C=C/C(O)=C2C(=O)C=C(C)[N-]C2=O)s1.[Ta]. The normalized spacial score (nSPS) is 16.0. The Morgan fingerprint density at radius 3 is 2.77 bits per heavy atom. The number of aliphatic hydroxyl groups excluding tert-OH is 1. The molecule has 0 aliphatic carbocycles. The first-order valence-electron chi connectivity index (χ1n) is 7.39. The fourth-order valence-corrected chi connectivity index (χ4v) is 2.84. The van der Waals surface area contributed by atoms with Crippen LogP contribution in [0.15, 0.2) is 41.3 Å². The second-order valence-corrected chi connectivity index (χ2v) is 6.23. The van der Waals surface area contributed by atoms with Crippen LogP contribution in [0, 0.1) is 0 Å². The average Bonchev–Trinajstić information content (AvgIpc) is 3.01. The summed E-state index contributed by atoms with van der Waals surface area (Å²) in [5.41, 5.74) is -0.0612. The van der Waals surface area contributed by atoms with E-state index in [0.29, 0.717) is 28.6 Å². The molecule has 2 amide bonds. The van der Waals surface area contributed by atoms with Crippen molar-refractivity contribution in [3.05, 3.63) is 56.4 Å². The van der Waals surface area contributed by atoms with Crippen molar-refractivity contribution in [2.24, 2.45) is 0 Å². The first-order chi connectivity index (χ1) is 11.9. The Bertz CT molecular complexity index is 795. The third-order valence-electron chi connectivity index (χ3n) is 3.18. The van der Waals surface area contributed by atoms with Gasteiger partial charge in [-0.1, -0.05) is 6.92 Å². The number of amides is 2. The number of hydrogen-bond acceptors (Lipinski definition) is 6. The summed E-state index contributed by atoms with van der Waals surface area (Å²) in [7, 11) is 1.55. The van der Waals surface area contributed by atoms with Gasteiger partial charge in [-0.3, -0.25) is 9.59 Å². The van der Waals surface area contributed by atoms with Crippen LogP contribution >= 0.6 is 11.3 Å². The summed E-state index contributed by atoms with van der Waals surface area (Å²) < 4.78 is 4.86. The molecule has 2 N–H and O–H groups in total. The fraction of sp³-hybridized carbons (Fsp3) is 0.235. The Balaban J connectivity index is 0.00000338. The molecule has 0 aromatic carbocycles. The van der Waals surface area contributed by atoms with Gasteiger partial charge >= 0.3 is 0 Å². The van der Waals surface area contributed by atoms with E-state index in [1.165, 1.54) is 36.5 Å². The molecule has 1 aromatic heterocycles. The van der Waals surface area contributed by atoms with Crippen LogP contribution in [0.5, 0.6) is 0 Å². The molecule has 2 rings (SSSR count). The van der Waals surface area contributed by atoms with Gasteiger partial charge in [0.15, 0.2) is 5.78 Å². The zero-order valence-electron chi connectivity index (χ0n) is 14.2. The van der Waals surface area contributed by atoms with Gasteiger partial charge in [0.1, 0.15) is 5.76 Å². The van der Waals surface area contributed by atoms with Crippen LogP contribution in [0.2, 0.25) is 0 Å². The van der Waals surface area contributed by atoms with Crippen LogP contribution in [-0.2, 0) is 36.7 Å². The number of thiophene rings is 1. The Morgan fingerprint density at radius 2 is 2.12 bits per heavy atom. The molecule has 137 valence electrons. The molecule has 0 spiro atoms. The van der Waals surface area contributed by atoms with E-state index in [0.717, 1.165) is 0 Å². The topological polar surface area (TPSA) is 107 Å². The zero-order chi connectivity index (χ0) is 18.4. The number of ether oxygens (including phenoxy) is 1. The number of ketones is 1. The molecule has 7 nitrogen and oxygen atoms in total. The third-order valence-corrected chi connectivity index (χ3v) is 4.23. The van der Waals surface area contributed by atoms with E-state index >= 15 is 0 Å². The Morgan fingerprint density at radius 1 is 1.38 bits per heavy atom. The van der Waals surface area contributed by atoms with Crippen LogP contribution in [0.25, 0.3) is 11.4 Å². The summed E-state index contributed by atoms with van der Waals surface area (Å²) in [5, 5.41) is 16.3. The molecular formula is C17H17N2O5STa-. The van der Waals surface area contributed by atoms with Gasteiger partial charge in [0.25, 0.3) is 5.91 Å². The number of aliphatic hydroxyl groups is 1. The Hall–Kier alpha value is -1.97. The van der Waals surface area contributed by atoms with E-state index in [4.69, 9.17) is 4.74 Å². The predicted molar refractivity (Wildman–Crippen MR) is 94.3 cm³/mol. The number of methoxy groups -OCH3 is 1. The smallest absolute Gasteiger partial charge is 0.261 e. The maximum Gasteiger partial charge on any atom is 0.261 e. The molecule has 0 saturated carbocycles. The van der Waals surface area contributed by atoms with E-state index in [2.05, 4.69) is 10.6 Å². The number of carbonyl (C=O) groups excluding carboxylic acids is 3. The van der Waals surface area contributed by atoms with Gasteiger partial charge in [0, 0.05) is 40.9 Å². The van der Waals surface area contributed by atoms with Crippen LogP contribution in [-0.4, -0.2) is 43.0 Å². The predicted octanol–water partition coefficient (Wildman–Crippen LogP) is 2.33. The summed E-state index contributed by atoms with van der Waals surface area (Å²) in [6.45, 7) is 2.36. The van der Waals surface area contributed by atoms with E-state index in [-0.39, 0.29) is 33.9 Å². The monoisotopic (exact) mass is 542 g/mol. The van der Waals surface area contributed by atoms with Gasteiger partial charge in [-0.15, -0.1) is 11.3 Å². The molecule has 1 aromatic rings. The summed E-state index contributed by atoms with van der Waals surface area (Å²) in [6, 6.07) is 3.35. The maximum atomic E-state index is 11.9. The van der Waals surface area contributed by atoms with E-state index in [1.807, 2.05) is 0 Å². The van der Waals surface area contributed by atoms with Crippen molar-refractivity contribution in [3.63, 3.8) is 0 Å². The molecule has 0 fully saturated rings. The Kier molecular flexibility index (Phi) is 8.70. The van der Waals surface area contributed by atoms with E-state index < -0.39 is 17.4 Å². The molecule has 1 radical (unpaired) electrons. The van der Waals surface area contributed by atoms with E-state index in [9.17, 15) is 19.5 Å². The standard InChI is InChI=1S/C17H18N2O5S.Ta/c1-10-9-13(21)15(17(23)19-10)12(20)5-3-11-4-6-14(25-11)16(22)18-7-8-24-2;/h3-6,9H,7-8H2,1-2H3,(H3,18,19,20,21,22,23);/p-1/b5-3+;. The number of allylic oxidation sites excluding steroid dienone is 3. The van der Waals surface area contributed by atoms with Gasteiger partial charge in [0.05, 0.1) is 23.0 Å². The van der Waals surface area contributed by atoms with Gasteiger partial charge in [-0.05, 0) is 30.4 Å². The van der Waals surface area contributed by atoms with Gasteiger partial charge in [0.2, 0.25) is 0 Å². The van der Waals surface area contributed by atoms with Crippen molar-refractivity contribution in [3.8, 4) is 0 Å². The van der Waals surface area contributed by atoms with Gasteiger partial charge in [-0.2, -0.15) is 5.70 Å². The molecule has 1 aliphatic rings. The third kappa shape index (κ3) is 5.79. The zero-order valence-corrected chi connectivity index (χ0v) is 18.2. The number of carbonyl (C=O) groups is 3. The van der Waals surface area contributed by atoms with Gasteiger partial charge < -0.3 is 25.3 Å². The number of rotatable bonds is 6. The molecular weight excluding hydrogens is 525 g/mol. The maximum absolute atomic E-state index is 11.9. The molecule has 26 heavy (non-hydrogen) atoms. The summed E-state index contributed by atoms with van der Waals surface area (Å²) in [4.78, 5) is 36.6. The summed E-state index contributed by atoms with van der Waals surface area (Å²) >= 11 is 1.21. The van der Waals surface area contributed by atoms with Crippen LogP contribution in [0.1, 0.15) is 21.5 Å². The fourth-order valence-electron chi connectivity index (χ4n) is 2.01. The molecule has 0 atom stereocenters. The summed E-state index contributed by atoms with van der Waals surface area (Å²) in [6.07, 6.45) is 3.95. The van der Waals surface area contributed by atoms with Crippen LogP contribution in [0.3, 0.4) is 0 Å². The van der Waals surface area contributed by atoms with Gasteiger partial charge in [-0.25, -0.2) is 0 Å². The number of nitrogens with zero attached hydrogens (tertiary/aromatic N) is 1. The molecule has 0 saturated heterocycles. The quantitative estimate of drug-likeness (QED) is 0.249. The first kappa shape index (κ1) is 22.1. The molecule has 0 unspecified atom stereocenters.